The van der Waals surface area contributed by atoms with Crippen LogP contribution in [0.4, 0.5) is 0 Å². The highest BCUT2D eigenvalue weighted by molar-refractivity contribution is 6.03. The minimum atomic E-state index is -0.241. The number of rotatable bonds is 2. The van der Waals surface area contributed by atoms with Gasteiger partial charge >= 0.3 is 0 Å². The van der Waals surface area contributed by atoms with E-state index in [4.69, 9.17) is 0 Å². The summed E-state index contributed by atoms with van der Waals surface area (Å²) >= 11 is 0. The Hall–Kier alpha value is -2.07. The van der Waals surface area contributed by atoms with Crippen molar-refractivity contribution in [2.24, 2.45) is 0 Å². The van der Waals surface area contributed by atoms with E-state index in [0.29, 0.717) is 10.9 Å². The molecule has 1 atom stereocenters. The highest BCUT2D eigenvalue weighted by Gasteiger charge is 2.31. The molecule has 0 spiro atoms. The van der Waals surface area contributed by atoms with Gasteiger partial charge in [0.15, 0.2) is 0 Å². The number of fused-ring (bicyclic) bond motifs is 1. The van der Waals surface area contributed by atoms with Crippen LogP contribution in [0.25, 0.3) is 10.8 Å². The van der Waals surface area contributed by atoms with Crippen LogP contribution in [-0.2, 0) is 0 Å². The molecule has 104 valence electrons. The number of phenolic OH excluding ortho intramolecular Hbond substituents is 1. The molecule has 1 aliphatic rings. The predicted molar refractivity (Wildman–Crippen MR) is 79.0 cm³/mol. The van der Waals surface area contributed by atoms with Crippen LogP contribution in [-0.4, -0.2) is 29.6 Å². The molecule has 2 aromatic rings. The molecule has 0 saturated carbocycles. The average molecular weight is 270 g/mol. The topological polar surface area (TPSA) is 61.4 Å². The van der Waals surface area contributed by atoms with E-state index in [0.717, 1.165) is 24.9 Å². The number of carbonyl (C=O) groups is 1. The largest absolute Gasteiger partial charge is 0.506 e. The quantitative estimate of drug-likeness (QED) is 0.782. The van der Waals surface area contributed by atoms with E-state index in [1.165, 1.54) is 0 Å². The molecule has 1 aliphatic heterocycles. The van der Waals surface area contributed by atoms with Crippen LogP contribution in [0.2, 0.25) is 0 Å². The molecule has 0 radical (unpaired) electrons. The Bertz CT molecular complexity index is 661. The third kappa shape index (κ3) is 2.23. The summed E-state index contributed by atoms with van der Waals surface area (Å²) < 4.78 is 0. The lowest BCUT2D eigenvalue weighted by molar-refractivity contribution is 0.0910. The number of hydrogen-bond donors (Lipinski definition) is 3. The van der Waals surface area contributed by atoms with Gasteiger partial charge in [-0.3, -0.25) is 4.79 Å². The SMILES string of the molecule is CC1(NC(=O)c2ccc3ccccc3c2O)CCNC1. The summed E-state index contributed by atoms with van der Waals surface area (Å²) in [4.78, 5) is 12.4. The Balaban J connectivity index is 1.93. The Morgan fingerprint density at radius 1 is 1.30 bits per heavy atom. The second-order valence-electron chi connectivity index (χ2n) is 5.62. The lowest BCUT2D eigenvalue weighted by atomic mass is 9.99. The Kier molecular flexibility index (Phi) is 3.10. The lowest BCUT2D eigenvalue weighted by Crippen LogP contribution is -2.47. The number of phenols is 1. The number of nitrogens with one attached hydrogen (secondary N) is 2. The van der Waals surface area contributed by atoms with E-state index in [-0.39, 0.29) is 17.2 Å². The molecule has 4 heteroatoms. The zero-order valence-electron chi connectivity index (χ0n) is 11.4. The molecule has 1 saturated heterocycles. The summed E-state index contributed by atoms with van der Waals surface area (Å²) in [7, 11) is 0. The smallest absolute Gasteiger partial charge is 0.255 e. The fourth-order valence-electron chi connectivity index (χ4n) is 2.70. The first kappa shape index (κ1) is 12.9. The van der Waals surface area contributed by atoms with Crippen molar-refractivity contribution in [1.29, 1.82) is 0 Å². The van der Waals surface area contributed by atoms with Gasteiger partial charge in [-0.05, 0) is 31.3 Å². The first-order valence-corrected chi connectivity index (χ1v) is 6.83. The zero-order valence-corrected chi connectivity index (χ0v) is 11.4. The first-order chi connectivity index (χ1) is 9.59. The lowest BCUT2D eigenvalue weighted by Gasteiger charge is -2.24. The van der Waals surface area contributed by atoms with Crippen LogP contribution < -0.4 is 10.6 Å². The van der Waals surface area contributed by atoms with Gasteiger partial charge in [-0.2, -0.15) is 0 Å². The maximum atomic E-state index is 12.4. The fourth-order valence-corrected chi connectivity index (χ4v) is 2.70. The van der Waals surface area contributed by atoms with Gasteiger partial charge in [-0.15, -0.1) is 0 Å². The molecular weight excluding hydrogens is 252 g/mol. The number of benzene rings is 2. The number of hydrogen-bond acceptors (Lipinski definition) is 3. The van der Waals surface area contributed by atoms with Crippen molar-refractivity contribution < 1.29 is 9.90 Å². The third-order valence-electron chi connectivity index (χ3n) is 3.93. The second kappa shape index (κ2) is 4.80. The van der Waals surface area contributed by atoms with Crippen LogP contribution in [0.1, 0.15) is 23.7 Å². The van der Waals surface area contributed by atoms with Crippen molar-refractivity contribution in [3.63, 3.8) is 0 Å². The standard InChI is InChI=1S/C16H18N2O2/c1-16(8-9-17-10-16)18-15(20)13-7-6-11-4-2-3-5-12(11)14(13)19/h2-7,17,19H,8-10H2,1H3,(H,18,20). The molecule has 3 rings (SSSR count). The van der Waals surface area contributed by atoms with Crippen molar-refractivity contribution in [1.82, 2.24) is 10.6 Å². The van der Waals surface area contributed by atoms with E-state index < -0.39 is 0 Å². The van der Waals surface area contributed by atoms with Gasteiger partial charge in [0.1, 0.15) is 5.75 Å². The minimum absolute atomic E-state index is 0.0511. The minimum Gasteiger partial charge on any atom is -0.506 e. The summed E-state index contributed by atoms with van der Waals surface area (Å²) in [5.74, 6) is -0.172. The maximum absolute atomic E-state index is 12.4. The van der Waals surface area contributed by atoms with Crippen molar-refractivity contribution >= 4 is 16.7 Å². The average Bonchev–Trinajstić information content (AvgIpc) is 2.85. The molecule has 1 unspecified atom stereocenters. The molecular formula is C16H18N2O2. The van der Waals surface area contributed by atoms with Crippen LogP contribution in [0, 0.1) is 0 Å². The van der Waals surface area contributed by atoms with E-state index in [1.54, 1.807) is 6.07 Å². The Labute approximate surface area is 117 Å². The first-order valence-electron chi connectivity index (χ1n) is 6.83. The Morgan fingerprint density at radius 2 is 2.10 bits per heavy atom. The molecule has 0 aliphatic carbocycles. The number of amides is 1. The molecule has 0 bridgehead atoms. The molecule has 0 aromatic heterocycles. The highest BCUT2D eigenvalue weighted by Crippen LogP contribution is 2.29. The van der Waals surface area contributed by atoms with Gasteiger partial charge in [0.25, 0.3) is 5.91 Å². The molecule has 4 nitrogen and oxygen atoms in total. The summed E-state index contributed by atoms with van der Waals surface area (Å²) in [5, 5.41) is 18.2. The summed E-state index contributed by atoms with van der Waals surface area (Å²) in [6, 6.07) is 11.0. The van der Waals surface area contributed by atoms with Crippen LogP contribution in [0.5, 0.6) is 5.75 Å². The fraction of sp³-hybridized carbons (Fsp3) is 0.312. The Morgan fingerprint density at radius 3 is 2.85 bits per heavy atom. The number of carbonyl (C=O) groups excluding carboxylic acids is 1. The van der Waals surface area contributed by atoms with Gasteiger partial charge in [-0.25, -0.2) is 0 Å². The van der Waals surface area contributed by atoms with Gasteiger partial charge in [0.05, 0.1) is 11.1 Å². The van der Waals surface area contributed by atoms with Crippen molar-refractivity contribution in [3.05, 3.63) is 42.0 Å². The van der Waals surface area contributed by atoms with E-state index in [2.05, 4.69) is 10.6 Å². The zero-order chi connectivity index (χ0) is 14.2. The molecule has 1 fully saturated rings. The van der Waals surface area contributed by atoms with E-state index >= 15 is 0 Å². The monoisotopic (exact) mass is 270 g/mol. The van der Waals surface area contributed by atoms with E-state index in [1.807, 2.05) is 37.3 Å². The predicted octanol–water partition coefficient (Wildman–Crippen LogP) is 2.03. The van der Waals surface area contributed by atoms with Gasteiger partial charge in [0, 0.05) is 11.9 Å². The van der Waals surface area contributed by atoms with Crippen molar-refractivity contribution in [3.8, 4) is 5.75 Å². The van der Waals surface area contributed by atoms with Crippen LogP contribution in [0.15, 0.2) is 36.4 Å². The van der Waals surface area contributed by atoms with Crippen LogP contribution in [0.3, 0.4) is 0 Å². The molecule has 2 aromatic carbocycles. The van der Waals surface area contributed by atoms with Gasteiger partial charge in [0.2, 0.25) is 0 Å². The van der Waals surface area contributed by atoms with Crippen molar-refractivity contribution in [2.45, 2.75) is 18.9 Å². The highest BCUT2D eigenvalue weighted by atomic mass is 16.3. The van der Waals surface area contributed by atoms with E-state index in [9.17, 15) is 9.90 Å². The van der Waals surface area contributed by atoms with Gasteiger partial charge < -0.3 is 15.7 Å². The molecule has 1 amide bonds. The molecule has 3 N–H and O–H groups in total. The molecule has 20 heavy (non-hydrogen) atoms. The van der Waals surface area contributed by atoms with Crippen LogP contribution >= 0.6 is 0 Å². The van der Waals surface area contributed by atoms with Crippen molar-refractivity contribution in [2.75, 3.05) is 13.1 Å². The number of aromatic hydroxyl groups is 1. The maximum Gasteiger partial charge on any atom is 0.255 e. The third-order valence-corrected chi connectivity index (χ3v) is 3.93. The molecule has 1 heterocycles. The van der Waals surface area contributed by atoms with Gasteiger partial charge in [-0.1, -0.05) is 30.3 Å². The summed E-state index contributed by atoms with van der Waals surface area (Å²) in [5.41, 5.74) is 0.0895. The normalized spacial score (nSPS) is 22.1. The summed E-state index contributed by atoms with van der Waals surface area (Å²) in [6.07, 6.45) is 0.896. The second-order valence-corrected chi connectivity index (χ2v) is 5.62. The summed E-state index contributed by atoms with van der Waals surface area (Å²) in [6.45, 7) is 3.68.